The second-order valence-corrected chi connectivity index (χ2v) is 5.65. The van der Waals surface area contributed by atoms with E-state index in [-0.39, 0.29) is 13.0 Å². The molecule has 0 aliphatic heterocycles. The molecular formula is C13H17ClN2O4. The van der Waals surface area contributed by atoms with E-state index in [0.29, 0.717) is 10.7 Å². The van der Waals surface area contributed by atoms with Gasteiger partial charge in [-0.2, -0.15) is 0 Å². The van der Waals surface area contributed by atoms with E-state index in [1.807, 2.05) is 0 Å². The lowest BCUT2D eigenvalue weighted by atomic mass is 10.1. The van der Waals surface area contributed by atoms with E-state index >= 15 is 0 Å². The predicted molar refractivity (Wildman–Crippen MR) is 76.9 cm³/mol. The van der Waals surface area contributed by atoms with E-state index in [0.717, 1.165) is 5.56 Å². The van der Waals surface area contributed by atoms with Crippen molar-refractivity contribution in [3.63, 3.8) is 0 Å². The smallest absolute Gasteiger partial charge is 0.412 e. The summed E-state index contributed by atoms with van der Waals surface area (Å²) < 4.78 is 5.12. The van der Waals surface area contributed by atoms with Gasteiger partial charge in [-0.3, -0.25) is 15.4 Å². The Balaban J connectivity index is 2.76. The number of hydrogen-bond acceptors (Lipinski definition) is 4. The number of nitrogens with zero attached hydrogens (tertiary/aromatic N) is 1. The molecule has 0 aliphatic rings. The molecule has 1 N–H and O–H groups in total. The average Bonchev–Trinajstić information content (AvgIpc) is 2.27. The van der Waals surface area contributed by atoms with Crippen LogP contribution in [0.1, 0.15) is 26.3 Å². The van der Waals surface area contributed by atoms with Gasteiger partial charge in [0.1, 0.15) is 5.60 Å². The molecule has 0 aromatic heterocycles. The first-order valence-electron chi connectivity index (χ1n) is 6.07. The highest BCUT2D eigenvalue weighted by Gasteiger charge is 2.17. The highest BCUT2D eigenvalue weighted by molar-refractivity contribution is 6.33. The second kappa shape index (κ2) is 6.56. The maximum atomic E-state index is 11.7. The summed E-state index contributed by atoms with van der Waals surface area (Å²) in [7, 11) is 0. The van der Waals surface area contributed by atoms with Crippen molar-refractivity contribution < 1.29 is 14.5 Å². The summed E-state index contributed by atoms with van der Waals surface area (Å²) in [4.78, 5) is 21.6. The monoisotopic (exact) mass is 300 g/mol. The van der Waals surface area contributed by atoms with Gasteiger partial charge in [-0.05, 0) is 38.5 Å². The summed E-state index contributed by atoms with van der Waals surface area (Å²) in [6.07, 6.45) is -0.349. The lowest BCUT2D eigenvalue weighted by Crippen LogP contribution is -2.27. The molecule has 1 aromatic carbocycles. The third-order valence-corrected chi connectivity index (χ3v) is 2.58. The van der Waals surface area contributed by atoms with Crippen LogP contribution in [0.4, 0.5) is 10.5 Å². The maximum absolute atomic E-state index is 11.7. The number of nitrogens with one attached hydrogen (secondary N) is 1. The van der Waals surface area contributed by atoms with E-state index in [1.165, 1.54) is 0 Å². The molecule has 0 radical (unpaired) electrons. The molecule has 0 aliphatic carbocycles. The van der Waals surface area contributed by atoms with Gasteiger partial charge in [0.05, 0.1) is 10.7 Å². The Hall–Kier alpha value is -1.82. The van der Waals surface area contributed by atoms with Gasteiger partial charge in [-0.15, -0.1) is 0 Å². The minimum Gasteiger partial charge on any atom is -0.444 e. The zero-order valence-corrected chi connectivity index (χ0v) is 12.4. The van der Waals surface area contributed by atoms with E-state index in [4.69, 9.17) is 16.3 Å². The summed E-state index contributed by atoms with van der Waals surface area (Å²) >= 11 is 5.97. The molecular weight excluding hydrogens is 284 g/mol. The maximum Gasteiger partial charge on any atom is 0.412 e. The third kappa shape index (κ3) is 5.88. The number of anilines is 1. The predicted octanol–water partition coefficient (Wildman–Crippen LogP) is 3.51. The van der Waals surface area contributed by atoms with Crippen LogP contribution in [0.3, 0.4) is 0 Å². The average molecular weight is 301 g/mol. The van der Waals surface area contributed by atoms with Crippen molar-refractivity contribution in [2.45, 2.75) is 32.8 Å². The Kier molecular flexibility index (Phi) is 5.33. The highest BCUT2D eigenvalue weighted by atomic mass is 35.5. The molecule has 0 atom stereocenters. The fraction of sp³-hybridized carbons (Fsp3) is 0.462. The van der Waals surface area contributed by atoms with Gasteiger partial charge < -0.3 is 4.74 Å². The summed E-state index contributed by atoms with van der Waals surface area (Å²) in [6.45, 7) is 5.08. The van der Waals surface area contributed by atoms with Gasteiger partial charge in [0, 0.05) is 11.3 Å². The Labute approximate surface area is 122 Å². The number of halogens is 1. The number of benzene rings is 1. The molecule has 0 heterocycles. The first-order valence-corrected chi connectivity index (χ1v) is 6.45. The lowest BCUT2D eigenvalue weighted by Gasteiger charge is -2.20. The molecule has 0 saturated heterocycles. The number of carbonyl (C=O) groups is 1. The number of nitro groups is 1. The molecule has 20 heavy (non-hydrogen) atoms. The number of amides is 1. The highest BCUT2D eigenvalue weighted by Crippen LogP contribution is 2.24. The van der Waals surface area contributed by atoms with Crippen LogP contribution in [-0.4, -0.2) is 23.2 Å². The van der Waals surface area contributed by atoms with Gasteiger partial charge in [-0.25, -0.2) is 4.79 Å². The Morgan fingerprint density at radius 1 is 1.45 bits per heavy atom. The standard InChI is InChI=1S/C13H17ClN2O4/c1-13(2,3)20-12(17)15-11-8-9(4-5-10(11)14)6-7-16(18)19/h4-5,8H,6-7H2,1-3H3,(H,15,17). The number of hydrogen-bond donors (Lipinski definition) is 1. The van der Waals surface area contributed by atoms with Crippen LogP contribution in [0.25, 0.3) is 0 Å². The zero-order valence-electron chi connectivity index (χ0n) is 11.6. The van der Waals surface area contributed by atoms with Crippen LogP contribution in [0.15, 0.2) is 18.2 Å². The Morgan fingerprint density at radius 2 is 2.10 bits per heavy atom. The molecule has 7 heteroatoms. The third-order valence-electron chi connectivity index (χ3n) is 2.25. The first-order chi connectivity index (χ1) is 9.17. The van der Waals surface area contributed by atoms with Gasteiger partial charge >= 0.3 is 6.09 Å². The largest absolute Gasteiger partial charge is 0.444 e. The molecule has 0 saturated carbocycles. The Bertz CT molecular complexity index is 512. The quantitative estimate of drug-likeness (QED) is 0.681. The van der Waals surface area contributed by atoms with Crippen LogP contribution in [0, 0.1) is 10.1 Å². The summed E-state index contributed by atoms with van der Waals surface area (Å²) in [5.41, 5.74) is 0.485. The molecule has 6 nitrogen and oxygen atoms in total. The fourth-order valence-electron chi connectivity index (χ4n) is 1.46. The zero-order chi connectivity index (χ0) is 15.3. The lowest BCUT2D eigenvalue weighted by molar-refractivity contribution is -0.479. The van der Waals surface area contributed by atoms with E-state index in [2.05, 4.69) is 5.32 Å². The van der Waals surface area contributed by atoms with Gasteiger partial charge in [-0.1, -0.05) is 17.7 Å². The summed E-state index contributed by atoms with van der Waals surface area (Å²) in [5.74, 6) is 0. The van der Waals surface area contributed by atoms with Crippen molar-refractivity contribution >= 4 is 23.4 Å². The van der Waals surface area contributed by atoms with Crippen molar-refractivity contribution in [3.8, 4) is 0 Å². The molecule has 1 aromatic rings. The molecule has 0 fully saturated rings. The van der Waals surface area contributed by atoms with E-state index in [9.17, 15) is 14.9 Å². The van der Waals surface area contributed by atoms with Crippen molar-refractivity contribution in [2.24, 2.45) is 0 Å². The van der Waals surface area contributed by atoms with Crippen LogP contribution in [-0.2, 0) is 11.2 Å². The SMILES string of the molecule is CC(C)(C)OC(=O)Nc1cc(CC[N+](=O)[O-])ccc1Cl. The second-order valence-electron chi connectivity index (χ2n) is 5.25. The topological polar surface area (TPSA) is 81.5 Å². The molecule has 0 bridgehead atoms. The first kappa shape index (κ1) is 16.2. The minimum absolute atomic E-state index is 0.173. The molecule has 110 valence electrons. The number of rotatable bonds is 4. The van der Waals surface area contributed by atoms with E-state index in [1.54, 1.807) is 39.0 Å². The summed E-state index contributed by atoms with van der Waals surface area (Å²) in [6, 6.07) is 4.88. The molecule has 1 rings (SSSR count). The van der Waals surface area contributed by atoms with Crippen molar-refractivity contribution in [1.29, 1.82) is 0 Å². The van der Waals surface area contributed by atoms with Gasteiger partial charge in [0.15, 0.2) is 0 Å². The Morgan fingerprint density at radius 3 is 2.65 bits per heavy atom. The molecule has 1 amide bonds. The van der Waals surface area contributed by atoms with Gasteiger partial charge in [0.2, 0.25) is 6.54 Å². The van der Waals surface area contributed by atoms with Crippen LogP contribution in [0.2, 0.25) is 5.02 Å². The summed E-state index contributed by atoms with van der Waals surface area (Å²) in [5, 5.41) is 13.2. The number of carbonyl (C=O) groups excluding carboxylic acids is 1. The number of ether oxygens (including phenoxy) is 1. The van der Waals surface area contributed by atoms with Crippen LogP contribution < -0.4 is 5.32 Å². The van der Waals surface area contributed by atoms with E-state index < -0.39 is 16.6 Å². The minimum atomic E-state index is -0.620. The molecule has 0 spiro atoms. The normalized spacial score (nSPS) is 11.0. The van der Waals surface area contributed by atoms with Crippen LogP contribution in [0.5, 0.6) is 0 Å². The van der Waals surface area contributed by atoms with Crippen molar-refractivity contribution in [2.75, 3.05) is 11.9 Å². The van der Waals surface area contributed by atoms with Crippen molar-refractivity contribution in [1.82, 2.24) is 0 Å². The van der Waals surface area contributed by atoms with Gasteiger partial charge in [0.25, 0.3) is 0 Å². The fourth-order valence-corrected chi connectivity index (χ4v) is 1.62. The van der Waals surface area contributed by atoms with Crippen molar-refractivity contribution in [3.05, 3.63) is 38.9 Å². The van der Waals surface area contributed by atoms with Crippen LogP contribution >= 0.6 is 11.6 Å². The molecule has 0 unspecified atom stereocenters.